The number of hydrogen-bond acceptors (Lipinski definition) is 4. The first-order valence-corrected chi connectivity index (χ1v) is 6.23. The van der Waals surface area contributed by atoms with Crippen LogP contribution in [0.4, 0.5) is 0 Å². The minimum Gasteiger partial charge on any atom is -0.298 e. The van der Waals surface area contributed by atoms with Crippen molar-refractivity contribution in [2.75, 3.05) is 6.54 Å². The summed E-state index contributed by atoms with van der Waals surface area (Å²) < 4.78 is 25.4. The van der Waals surface area contributed by atoms with Crippen molar-refractivity contribution < 1.29 is 13.2 Å². The number of carbonyl (C=O) groups is 1. The molecule has 0 unspecified atom stereocenters. The third-order valence-corrected chi connectivity index (χ3v) is 3.41. The molecule has 0 radical (unpaired) electrons. The Bertz CT molecular complexity index is 457. The van der Waals surface area contributed by atoms with Crippen LogP contribution in [0, 0.1) is 5.41 Å². The van der Waals surface area contributed by atoms with Gasteiger partial charge in [0.25, 0.3) is 0 Å². The highest BCUT2D eigenvalue weighted by Crippen LogP contribution is 2.14. The topological polar surface area (TPSA) is 91.9 Å². The van der Waals surface area contributed by atoms with Crippen LogP contribution in [0.2, 0.25) is 0 Å². The van der Waals surface area contributed by atoms with E-state index < -0.39 is 15.4 Å². The van der Waals surface area contributed by atoms with Gasteiger partial charge in [0.1, 0.15) is 4.90 Å². The van der Waals surface area contributed by atoms with Crippen LogP contribution in [-0.2, 0) is 14.8 Å². The molecule has 0 saturated heterocycles. The fourth-order valence-electron chi connectivity index (χ4n) is 0.895. The van der Waals surface area contributed by atoms with Crippen LogP contribution >= 0.6 is 0 Å². The molecule has 1 aromatic heterocycles. The van der Waals surface area contributed by atoms with Gasteiger partial charge in [0, 0.05) is 11.6 Å². The van der Waals surface area contributed by atoms with Crippen molar-refractivity contribution in [2.45, 2.75) is 25.7 Å². The van der Waals surface area contributed by atoms with Crippen molar-refractivity contribution >= 4 is 15.8 Å². The zero-order valence-corrected chi connectivity index (χ0v) is 10.3. The number of aromatic nitrogens is 2. The first-order chi connectivity index (χ1) is 7.23. The van der Waals surface area contributed by atoms with Gasteiger partial charge in [-0.3, -0.25) is 9.89 Å². The molecule has 16 heavy (non-hydrogen) atoms. The maximum atomic E-state index is 11.6. The number of Topliss-reactive ketones (excluding diaryl/α,β-unsaturated/α-hetero) is 1. The van der Waals surface area contributed by atoms with E-state index in [1.54, 1.807) is 20.8 Å². The van der Waals surface area contributed by atoms with Crippen molar-refractivity contribution in [3.63, 3.8) is 0 Å². The lowest BCUT2D eigenvalue weighted by Crippen LogP contribution is -2.35. The Balaban J connectivity index is 2.67. The summed E-state index contributed by atoms with van der Waals surface area (Å²) in [5, 5.41) is 5.93. The molecule has 6 nitrogen and oxygen atoms in total. The van der Waals surface area contributed by atoms with E-state index in [0.29, 0.717) is 0 Å². The molecule has 0 aliphatic rings. The van der Waals surface area contributed by atoms with Crippen LogP contribution in [0.15, 0.2) is 17.3 Å². The van der Waals surface area contributed by atoms with E-state index in [1.165, 1.54) is 12.4 Å². The Kier molecular flexibility index (Phi) is 3.49. The molecule has 0 spiro atoms. The summed E-state index contributed by atoms with van der Waals surface area (Å²) in [7, 11) is -3.64. The Morgan fingerprint density at radius 3 is 2.56 bits per heavy atom. The molecule has 2 N–H and O–H groups in total. The van der Waals surface area contributed by atoms with Crippen molar-refractivity contribution in [2.24, 2.45) is 5.41 Å². The first kappa shape index (κ1) is 12.9. The van der Waals surface area contributed by atoms with Gasteiger partial charge in [0.2, 0.25) is 10.0 Å². The monoisotopic (exact) mass is 245 g/mol. The van der Waals surface area contributed by atoms with Gasteiger partial charge in [-0.2, -0.15) is 5.10 Å². The van der Waals surface area contributed by atoms with E-state index in [4.69, 9.17) is 0 Å². The van der Waals surface area contributed by atoms with Crippen molar-refractivity contribution in [1.29, 1.82) is 0 Å². The van der Waals surface area contributed by atoms with Gasteiger partial charge in [-0.15, -0.1) is 0 Å². The van der Waals surface area contributed by atoms with Gasteiger partial charge < -0.3 is 0 Å². The lowest BCUT2D eigenvalue weighted by Gasteiger charge is -2.16. The summed E-state index contributed by atoms with van der Waals surface area (Å²) >= 11 is 0. The lowest BCUT2D eigenvalue weighted by molar-refractivity contribution is -0.125. The average Bonchev–Trinajstić information content (AvgIpc) is 2.65. The number of aromatic amines is 1. The second-order valence-electron chi connectivity index (χ2n) is 4.43. The molecule has 0 aliphatic carbocycles. The number of sulfonamides is 1. The summed E-state index contributed by atoms with van der Waals surface area (Å²) in [6.07, 6.45) is 2.44. The minimum atomic E-state index is -3.64. The molecule has 0 amide bonds. The quantitative estimate of drug-likeness (QED) is 0.798. The average molecular weight is 245 g/mol. The number of hydrogen-bond donors (Lipinski definition) is 2. The fourth-order valence-corrected chi connectivity index (χ4v) is 1.78. The zero-order chi connectivity index (χ0) is 12.4. The van der Waals surface area contributed by atoms with E-state index in [0.717, 1.165) is 0 Å². The van der Waals surface area contributed by atoms with E-state index in [2.05, 4.69) is 14.9 Å². The van der Waals surface area contributed by atoms with Crippen molar-refractivity contribution in [3.8, 4) is 0 Å². The summed E-state index contributed by atoms with van der Waals surface area (Å²) in [4.78, 5) is 11.6. The standard InChI is InChI=1S/C9H15N3O3S/c1-9(2,3)8(13)6-12-16(14,15)7-4-10-11-5-7/h4-5,12H,6H2,1-3H3,(H,10,11). The van der Waals surface area contributed by atoms with E-state index in [9.17, 15) is 13.2 Å². The molecule has 1 rings (SSSR count). The summed E-state index contributed by atoms with van der Waals surface area (Å²) in [5.74, 6) is -0.167. The van der Waals surface area contributed by atoms with Gasteiger partial charge in [0.05, 0.1) is 12.7 Å². The second-order valence-corrected chi connectivity index (χ2v) is 6.20. The molecule has 0 bridgehead atoms. The van der Waals surface area contributed by atoms with Gasteiger partial charge in [-0.1, -0.05) is 20.8 Å². The number of nitrogens with zero attached hydrogens (tertiary/aromatic N) is 1. The summed E-state index contributed by atoms with van der Waals surface area (Å²) in [6, 6.07) is 0. The Morgan fingerprint density at radius 1 is 1.50 bits per heavy atom. The normalized spacial score (nSPS) is 12.7. The molecule has 1 aromatic rings. The SMILES string of the molecule is CC(C)(C)C(=O)CNS(=O)(=O)c1cn[nH]c1. The molecule has 0 aliphatic heterocycles. The molecule has 90 valence electrons. The van der Waals surface area contributed by atoms with E-state index in [1.807, 2.05) is 0 Å². The van der Waals surface area contributed by atoms with Gasteiger partial charge in [-0.25, -0.2) is 13.1 Å². The van der Waals surface area contributed by atoms with E-state index >= 15 is 0 Å². The summed E-state index contributed by atoms with van der Waals surface area (Å²) in [6.45, 7) is 5.00. The highest BCUT2D eigenvalue weighted by molar-refractivity contribution is 7.89. The van der Waals surface area contributed by atoms with Crippen LogP contribution in [0.1, 0.15) is 20.8 Å². The third-order valence-electron chi connectivity index (χ3n) is 2.04. The highest BCUT2D eigenvalue weighted by atomic mass is 32.2. The smallest absolute Gasteiger partial charge is 0.244 e. The highest BCUT2D eigenvalue weighted by Gasteiger charge is 2.23. The van der Waals surface area contributed by atoms with Crippen molar-refractivity contribution in [1.82, 2.24) is 14.9 Å². The molecule has 0 aromatic carbocycles. The summed E-state index contributed by atoms with van der Waals surface area (Å²) in [5.41, 5.74) is -0.557. The second kappa shape index (κ2) is 4.34. The predicted octanol–water partition coefficient (Wildman–Crippen LogP) is 0.303. The Labute approximate surface area is 94.5 Å². The van der Waals surface area contributed by atoms with E-state index in [-0.39, 0.29) is 17.2 Å². The molecular formula is C9H15N3O3S. The Morgan fingerprint density at radius 2 is 2.12 bits per heavy atom. The predicted molar refractivity (Wildman–Crippen MR) is 58.2 cm³/mol. The largest absolute Gasteiger partial charge is 0.298 e. The number of carbonyl (C=O) groups excluding carboxylic acids is 1. The molecular weight excluding hydrogens is 230 g/mol. The molecule has 0 saturated carbocycles. The number of nitrogens with one attached hydrogen (secondary N) is 2. The number of H-pyrrole nitrogens is 1. The maximum absolute atomic E-state index is 11.6. The molecule has 0 atom stereocenters. The maximum Gasteiger partial charge on any atom is 0.244 e. The number of ketones is 1. The van der Waals surface area contributed by atoms with Crippen LogP contribution in [0.25, 0.3) is 0 Å². The third kappa shape index (κ3) is 3.14. The van der Waals surface area contributed by atoms with Crippen molar-refractivity contribution in [3.05, 3.63) is 12.4 Å². The molecule has 7 heteroatoms. The van der Waals surface area contributed by atoms with Gasteiger partial charge in [-0.05, 0) is 0 Å². The lowest BCUT2D eigenvalue weighted by atomic mass is 9.91. The first-order valence-electron chi connectivity index (χ1n) is 4.75. The zero-order valence-electron chi connectivity index (χ0n) is 9.44. The van der Waals surface area contributed by atoms with Gasteiger partial charge >= 0.3 is 0 Å². The fraction of sp³-hybridized carbons (Fsp3) is 0.556. The van der Waals surface area contributed by atoms with Crippen LogP contribution < -0.4 is 4.72 Å². The Hall–Kier alpha value is -1.21. The van der Waals surface area contributed by atoms with Crippen LogP contribution in [0.5, 0.6) is 0 Å². The minimum absolute atomic E-state index is 0.0224. The van der Waals surface area contributed by atoms with Crippen LogP contribution in [-0.4, -0.2) is 30.9 Å². The van der Waals surface area contributed by atoms with Crippen LogP contribution in [0.3, 0.4) is 0 Å². The molecule has 1 heterocycles. The molecule has 0 fully saturated rings. The van der Waals surface area contributed by atoms with Gasteiger partial charge in [0.15, 0.2) is 5.78 Å². The number of rotatable bonds is 4.